The minimum absolute atomic E-state index is 0.00960. The van der Waals surface area contributed by atoms with Gasteiger partial charge in [-0.25, -0.2) is 0 Å². The third kappa shape index (κ3) is 1.90. The molecule has 0 saturated heterocycles. The second kappa shape index (κ2) is 3.94. The van der Waals surface area contributed by atoms with E-state index in [4.69, 9.17) is 0 Å². The highest BCUT2D eigenvalue weighted by Gasteiger charge is 2.49. The van der Waals surface area contributed by atoms with Crippen molar-refractivity contribution < 1.29 is 9.59 Å². The van der Waals surface area contributed by atoms with E-state index >= 15 is 0 Å². The van der Waals surface area contributed by atoms with Crippen LogP contribution in [0.5, 0.6) is 0 Å². The predicted molar refractivity (Wildman–Crippen MR) is 67.5 cm³/mol. The second-order valence-electron chi connectivity index (χ2n) is 5.96. The molecule has 3 unspecified atom stereocenters. The van der Waals surface area contributed by atoms with Gasteiger partial charge in [0.15, 0.2) is 5.78 Å². The molecule has 3 atom stereocenters. The zero-order valence-electron chi connectivity index (χ0n) is 10.9. The number of carbonyl (C=O) groups excluding carboxylic acids is 2. The highest BCUT2D eigenvalue weighted by molar-refractivity contribution is 5.98. The van der Waals surface area contributed by atoms with Crippen molar-refractivity contribution in [2.75, 3.05) is 0 Å². The van der Waals surface area contributed by atoms with Crippen LogP contribution >= 0.6 is 0 Å². The third-order valence-corrected chi connectivity index (χ3v) is 4.35. The Hall–Kier alpha value is -1.18. The van der Waals surface area contributed by atoms with Crippen LogP contribution in [0.4, 0.5) is 0 Å². The van der Waals surface area contributed by atoms with Crippen molar-refractivity contribution in [3.05, 3.63) is 23.8 Å². The monoisotopic (exact) mass is 232 g/mol. The molecule has 2 nitrogen and oxygen atoms in total. The minimum atomic E-state index is -0.154. The maximum Gasteiger partial charge on any atom is 0.156 e. The zero-order chi connectivity index (χ0) is 12.8. The Bertz CT molecular complexity index is 430. The molecule has 0 aromatic carbocycles. The van der Waals surface area contributed by atoms with E-state index in [0.717, 1.165) is 24.0 Å². The average molecular weight is 232 g/mol. The van der Waals surface area contributed by atoms with Gasteiger partial charge in [0.05, 0.1) is 0 Å². The van der Waals surface area contributed by atoms with E-state index in [1.54, 1.807) is 6.08 Å². The molecule has 92 valence electrons. The van der Waals surface area contributed by atoms with Crippen molar-refractivity contribution >= 4 is 11.6 Å². The summed E-state index contributed by atoms with van der Waals surface area (Å²) in [5.74, 6) is 0.357. The number of hydrogen-bond acceptors (Lipinski definition) is 2. The number of fused-ring (bicyclic) bond motifs is 1. The smallest absolute Gasteiger partial charge is 0.156 e. The molecule has 0 N–H and O–H groups in total. The molecule has 0 amide bonds. The third-order valence-electron chi connectivity index (χ3n) is 4.35. The first kappa shape index (κ1) is 12.3. The highest BCUT2D eigenvalue weighted by Crippen LogP contribution is 2.50. The van der Waals surface area contributed by atoms with Gasteiger partial charge in [0.1, 0.15) is 5.78 Å². The molecule has 17 heavy (non-hydrogen) atoms. The Labute approximate surface area is 103 Å². The lowest BCUT2D eigenvalue weighted by molar-refractivity contribution is -0.134. The summed E-state index contributed by atoms with van der Waals surface area (Å²) < 4.78 is 0. The van der Waals surface area contributed by atoms with Gasteiger partial charge in [-0.1, -0.05) is 24.6 Å². The number of hydrogen-bond donors (Lipinski definition) is 0. The van der Waals surface area contributed by atoms with E-state index in [-0.39, 0.29) is 28.8 Å². The lowest BCUT2D eigenvalue weighted by Gasteiger charge is -2.45. The molecule has 1 saturated carbocycles. The van der Waals surface area contributed by atoms with Gasteiger partial charge in [-0.15, -0.1) is 0 Å². The van der Waals surface area contributed by atoms with Crippen LogP contribution in [0.2, 0.25) is 0 Å². The zero-order valence-corrected chi connectivity index (χ0v) is 10.9. The number of ketones is 2. The van der Waals surface area contributed by atoms with Gasteiger partial charge < -0.3 is 0 Å². The fourth-order valence-electron chi connectivity index (χ4n) is 3.55. The molecule has 0 aliphatic heterocycles. The van der Waals surface area contributed by atoms with Gasteiger partial charge in [0, 0.05) is 18.3 Å². The number of rotatable bonds is 1. The normalized spacial score (nSPS) is 37.5. The molecule has 2 aliphatic carbocycles. The van der Waals surface area contributed by atoms with Gasteiger partial charge in [-0.05, 0) is 38.2 Å². The van der Waals surface area contributed by atoms with Crippen molar-refractivity contribution in [1.29, 1.82) is 0 Å². The summed E-state index contributed by atoms with van der Waals surface area (Å²) in [6.07, 6.45) is 3.97. The summed E-state index contributed by atoms with van der Waals surface area (Å²) in [6, 6.07) is 0. The first-order chi connectivity index (χ1) is 7.85. The van der Waals surface area contributed by atoms with Gasteiger partial charge in [0.25, 0.3) is 0 Å². The Kier molecular flexibility index (Phi) is 2.84. The first-order valence-electron chi connectivity index (χ1n) is 6.25. The summed E-state index contributed by atoms with van der Waals surface area (Å²) in [4.78, 5) is 24.2. The van der Waals surface area contributed by atoms with Crippen molar-refractivity contribution in [2.24, 2.45) is 17.3 Å². The Balaban J connectivity index is 2.40. The Morgan fingerprint density at radius 3 is 2.71 bits per heavy atom. The topological polar surface area (TPSA) is 34.1 Å². The van der Waals surface area contributed by atoms with Crippen LogP contribution in [0.25, 0.3) is 0 Å². The largest absolute Gasteiger partial charge is 0.298 e. The summed E-state index contributed by atoms with van der Waals surface area (Å²) in [6.45, 7) is 9.85. The van der Waals surface area contributed by atoms with Crippen LogP contribution in [0.1, 0.15) is 40.0 Å². The van der Waals surface area contributed by atoms with E-state index in [2.05, 4.69) is 13.5 Å². The fraction of sp³-hybridized carbons (Fsp3) is 0.600. The van der Waals surface area contributed by atoms with E-state index in [9.17, 15) is 9.59 Å². The molecule has 0 radical (unpaired) electrons. The molecule has 2 heteroatoms. The molecule has 2 rings (SSSR count). The summed E-state index contributed by atoms with van der Waals surface area (Å²) in [7, 11) is 0. The lowest BCUT2D eigenvalue weighted by Crippen LogP contribution is -2.46. The van der Waals surface area contributed by atoms with Gasteiger partial charge in [-0.2, -0.15) is 0 Å². The highest BCUT2D eigenvalue weighted by atomic mass is 16.1. The molecule has 0 aromatic heterocycles. The van der Waals surface area contributed by atoms with Crippen LogP contribution in [0, 0.1) is 17.3 Å². The quantitative estimate of drug-likeness (QED) is 0.651. The second-order valence-corrected chi connectivity index (χ2v) is 5.96. The first-order valence-corrected chi connectivity index (χ1v) is 6.25. The standard InChI is InChI=1S/C15H20O2/c1-9(2)12-5-6-15(4)8-11(16)7-10(3)13(15)14(12)17/h7,12-13H,1,5-6,8H2,2-4H3. The molecule has 0 bridgehead atoms. The van der Waals surface area contributed by atoms with Crippen LogP contribution in [0.3, 0.4) is 0 Å². The molecule has 0 aromatic rings. The van der Waals surface area contributed by atoms with Gasteiger partial charge in [-0.3, -0.25) is 9.59 Å². The fourth-order valence-corrected chi connectivity index (χ4v) is 3.55. The lowest BCUT2D eigenvalue weighted by atomic mass is 9.56. The summed E-state index contributed by atoms with van der Waals surface area (Å²) in [5, 5.41) is 0. The Morgan fingerprint density at radius 2 is 2.12 bits per heavy atom. The molecule has 1 fully saturated rings. The van der Waals surface area contributed by atoms with Crippen molar-refractivity contribution in [3.63, 3.8) is 0 Å². The van der Waals surface area contributed by atoms with E-state index in [0.29, 0.717) is 6.42 Å². The van der Waals surface area contributed by atoms with Crippen LogP contribution in [-0.4, -0.2) is 11.6 Å². The van der Waals surface area contributed by atoms with Crippen LogP contribution < -0.4 is 0 Å². The number of Topliss-reactive ketones (excluding diaryl/α,β-unsaturated/α-hetero) is 1. The van der Waals surface area contributed by atoms with Crippen LogP contribution in [-0.2, 0) is 9.59 Å². The molecule has 0 spiro atoms. The van der Waals surface area contributed by atoms with Crippen LogP contribution in [0.15, 0.2) is 23.8 Å². The minimum Gasteiger partial charge on any atom is -0.298 e. The maximum absolute atomic E-state index is 12.5. The summed E-state index contributed by atoms with van der Waals surface area (Å²) in [5.41, 5.74) is 1.75. The van der Waals surface area contributed by atoms with E-state index in [1.165, 1.54) is 0 Å². The van der Waals surface area contributed by atoms with Crippen molar-refractivity contribution in [1.82, 2.24) is 0 Å². The SMILES string of the molecule is C=C(C)C1CCC2(C)CC(=O)C=C(C)C2C1=O. The average Bonchev–Trinajstić information content (AvgIpc) is 2.14. The number of carbonyl (C=O) groups is 2. The number of allylic oxidation sites excluding steroid dienone is 3. The predicted octanol–water partition coefficient (Wildman–Crippen LogP) is 3.08. The van der Waals surface area contributed by atoms with Crippen molar-refractivity contribution in [2.45, 2.75) is 40.0 Å². The van der Waals surface area contributed by atoms with Gasteiger partial charge in [0.2, 0.25) is 0 Å². The maximum atomic E-state index is 12.5. The Morgan fingerprint density at radius 1 is 1.47 bits per heavy atom. The van der Waals surface area contributed by atoms with Crippen molar-refractivity contribution in [3.8, 4) is 0 Å². The molecular formula is C15H20O2. The summed E-state index contributed by atoms with van der Waals surface area (Å²) >= 11 is 0. The van der Waals surface area contributed by atoms with Gasteiger partial charge >= 0.3 is 0 Å². The molecular weight excluding hydrogens is 212 g/mol. The molecule has 0 heterocycles. The van der Waals surface area contributed by atoms with E-state index < -0.39 is 0 Å². The van der Waals surface area contributed by atoms with E-state index in [1.807, 2.05) is 13.8 Å². The molecule has 2 aliphatic rings.